The molecule has 0 amide bonds. The number of rotatable bonds is 10. The number of nitriles is 1. The number of fused-ring (bicyclic) bond motifs is 1. The van der Waals surface area contributed by atoms with Crippen molar-refractivity contribution in [2.45, 2.75) is 35.2 Å². The summed E-state index contributed by atoms with van der Waals surface area (Å²) in [5, 5.41) is 15.3. The van der Waals surface area contributed by atoms with Gasteiger partial charge in [0.1, 0.15) is 6.07 Å². The van der Waals surface area contributed by atoms with Crippen LogP contribution in [0.15, 0.2) is 100 Å². The zero-order valence-electron chi connectivity index (χ0n) is 23.7. The normalized spacial score (nSPS) is 11.9. The van der Waals surface area contributed by atoms with E-state index in [0.29, 0.717) is 28.2 Å². The van der Waals surface area contributed by atoms with E-state index in [1.165, 1.54) is 11.8 Å². The van der Waals surface area contributed by atoms with Crippen molar-refractivity contribution >= 4 is 61.3 Å². The highest BCUT2D eigenvalue weighted by Gasteiger charge is 2.15. The number of nitrogens with one attached hydrogen (secondary N) is 1. The van der Waals surface area contributed by atoms with Crippen LogP contribution in [-0.4, -0.2) is 29.6 Å². The molecule has 3 aromatic carbocycles. The molecule has 8 nitrogen and oxygen atoms in total. The molecule has 1 N–H and O–H groups in total. The van der Waals surface area contributed by atoms with Gasteiger partial charge in [-0.05, 0) is 67.8 Å². The summed E-state index contributed by atoms with van der Waals surface area (Å²) < 4.78 is 32.0. The molecule has 0 saturated carbocycles. The van der Waals surface area contributed by atoms with Gasteiger partial charge in [-0.2, -0.15) is 13.7 Å². The first kappa shape index (κ1) is 30.3. The lowest BCUT2D eigenvalue weighted by molar-refractivity contribution is 0.325. The fraction of sp³-hybridized carbons (Fsp3) is 0.156. The molecule has 0 atom stereocenters. The second-order valence-electron chi connectivity index (χ2n) is 9.85. The van der Waals surface area contributed by atoms with Crippen molar-refractivity contribution < 1.29 is 12.6 Å². The highest BCUT2D eigenvalue weighted by molar-refractivity contribution is 7.99. The first-order valence-corrected chi connectivity index (χ1v) is 15.9. The number of imidazole rings is 1. The summed E-state index contributed by atoms with van der Waals surface area (Å²) in [6.45, 7) is 3.87. The lowest BCUT2D eigenvalue weighted by Gasteiger charge is -2.14. The lowest BCUT2D eigenvalue weighted by atomic mass is 10.0. The van der Waals surface area contributed by atoms with Crippen LogP contribution in [0.2, 0.25) is 5.02 Å². The standard InChI is InChI=1S/C32H28ClN5O3S2/c1-21-6-10-26(11-7-21)43(39,40)41-16-4-5-22(2)23-8-12-27-29(17-23)36-20-24(19-34)31(27)37-25-9-13-30(28(33)18-25)42-32-35-14-15-38(32)3/h5-15,17-18,20H,4,16H2,1-3H3,(H,36,37)/b22-5-. The van der Waals surface area contributed by atoms with Gasteiger partial charge in [-0.15, -0.1) is 0 Å². The van der Waals surface area contributed by atoms with E-state index in [1.807, 2.05) is 74.1 Å². The number of halogens is 1. The van der Waals surface area contributed by atoms with Crippen molar-refractivity contribution in [3.63, 3.8) is 0 Å². The van der Waals surface area contributed by atoms with Crippen molar-refractivity contribution in [1.29, 1.82) is 5.26 Å². The molecular weight excluding hydrogens is 602 g/mol. The zero-order chi connectivity index (χ0) is 30.6. The van der Waals surface area contributed by atoms with Gasteiger partial charge in [0.2, 0.25) is 0 Å². The number of hydrogen-bond acceptors (Lipinski definition) is 8. The van der Waals surface area contributed by atoms with E-state index < -0.39 is 10.1 Å². The Balaban J connectivity index is 1.31. The van der Waals surface area contributed by atoms with Crippen molar-refractivity contribution in [3.8, 4) is 6.07 Å². The monoisotopic (exact) mass is 629 g/mol. The third kappa shape index (κ3) is 7.09. The van der Waals surface area contributed by atoms with E-state index in [2.05, 4.69) is 21.4 Å². The van der Waals surface area contributed by atoms with Crippen molar-refractivity contribution in [3.05, 3.63) is 107 Å². The molecule has 5 rings (SSSR count). The Morgan fingerprint density at radius 2 is 1.93 bits per heavy atom. The molecule has 0 bridgehead atoms. The van der Waals surface area contributed by atoms with Crippen LogP contribution in [0.4, 0.5) is 11.4 Å². The number of allylic oxidation sites excluding steroid dienone is 1. The molecular formula is C32H28ClN5O3S2. The third-order valence-electron chi connectivity index (χ3n) is 6.74. The zero-order valence-corrected chi connectivity index (χ0v) is 26.1. The Morgan fingerprint density at radius 3 is 2.63 bits per heavy atom. The first-order chi connectivity index (χ1) is 20.6. The van der Waals surface area contributed by atoms with Crippen LogP contribution in [-0.2, 0) is 21.3 Å². The summed E-state index contributed by atoms with van der Waals surface area (Å²) >= 11 is 8.07. The number of aryl methyl sites for hydroxylation is 2. The SMILES string of the molecule is C/C(=C/CCOS(=O)(=O)c1ccc(C)cc1)c1ccc2c(Nc3ccc(Sc4nccn4C)c(Cl)c3)c(C#N)cnc2c1. The molecule has 11 heteroatoms. The van der Waals surface area contributed by atoms with E-state index in [4.69, 9.17) is 15.8 Å². The molecule has 0 spiro atoms. The van der Waals surface area contributed by atoms with Gasteiger partial charge < -0.3 is 9.88 Å². The maximum Gasteiger partial charge on any atom is 0.296 e. The van der Waals surface area contributed by atoms with Gasteiger partial charge in [0.25, 0.3) is 10.1 Å². The first-order valence-electron chi connectivity index (χ1n) is 13.3. The number of hydrogen-bond donors (Lipinski definition) is 1. The average Bonchev–Trinajstić information content (AvgIpc) is 3.40. The van der Waals surface area contributed by atoms with Gasteiger partial charge >= 0.3 is 0 Å². The van der Waals surface area contributed by atoms with Gasteiger partial charge in [-0.3, -0.25) is 9.17 Å². The number of benzene rings is 3. The number of pyridine rings is 1. The van der Waals surface area contributed by atoms with Crippen LogP contribution in [0.1, 0.15) is 30.0 Å². The van der Waals surface area contributed by atoms with Crippen LogP contribution < -0.4 is 5.32 Å². The van der Waals surface area contributed by atoms with E-state index in [1.54, 1.807) is 36.7 Å². The summed E-state index contributed by atoms with van der Waals surface area (Å²) in [5.41, 5.74) is 5.33. The van der Waals surface area contributed by atoms with Gasteiger partial charge in [0.15, 0.2) is 5.16 Å². The summed E-state index contributed by atoms with van der Waals surface area (Å²) in [4.78, 5) is 9.86. The highest BCUT2D eigenvalue weighted by atomic mass is 35.5. The van der Waals surface area contributed by atoms with Crippen molar-refractivity contribution in [1.82, 2.24) is 14.5 Å². The fourth-order valence-electron chi connectivity index (χ4n) is 4.34. The molecule has 0 saturated heterocycles. The van der Waals surface area contributed by atoms with E-state index in [-0.39, 0.29) is 11.5 Å². The van der Waals surface area contributed by atoms with Crippen LogP contribution in [0, 0.1) is 18.3 Å². The predicted molar refractivity (Wildman–Crippen MR) is 171 cm³/mol. The Labute approximate surface area is 260 Å². The smallest absolute Gasteiger partial charge is 0.296 e. The molecule has 0 aliphatic carbocycles. The minimum absolute atomic E-state index is 0.0283. The maximum atomic E-state index is 12.4. The van der Waals surface area contributed by atoms with Crippen molar-refractivity contribution in [2.24, 2.45) is 7.05 Å². The van der Waals surface area contributed by atoms with Gasteiger partial charge in [-0.25, -0.2) is 4.98 Å². The maximum absolute atomic E-state index is 12.4. The molecule has 5 aromatic rings. The van der Waals surface area contributed by atoms with Gasteiger partial charge in [-0.1, -0.05) is 59.3 Å². The third-order valence-corrected chi connectivity index (χ3v) is 9.64. The van der Waals surface area contributed by atoms with Crippen LogP contribution in [0.3, 0.4) is 0 Å². The van der Waals surface area contributed by atoms with Crippen LogP contribution in [0.5, 0.6) is 0 Å². The molecule has 2 aromatic heterocycles. The van der Waals surface area contributed by atoms with Gasteiger partial charge in [0, 0.05) is 41.6 Å². The Hall–Kier alpha value is -4.14. The average molecular weight is 630 g/mol. The number of anilines is 2. The molecule has 0 aliphatic heterocycles. The van der Waals surface area contributed by atoms with Crippen LogP contribution in [0.25, 0.3) is 16.5 Å². The van der Waals surface area contributed by atoms with E-state index >= 15 is 0 Å². The summed E-state index contributed by atoms with van der Waals surface area (Å²) in [6, 6.07) is 20.2. The lowest BCUT2D eigenvalue weighted by Crippen LogP contribution is -2.07. The summed E-state index contributed by atoms with van der Waals surface area (Å²) in [6.07, 6.45) is 7.51. The Kier molecular flexibility index (Phi) is 9.18. The quantitative estimate of drug-likeness (QED) is 0.123. The topological polar surface area (TPSA) is 110 Å². The molecule has 43 heavy (non-hydrogen) atoms. The number of aromatic nitrogens is 3. The molecule has 0 aliphatic rings. The summed E-state index contributed by atoms with van der Waals surface area (Å²) in [7, 11) is -1.89. The molecule has 218 valence electrons. The highest BCUT2D eigenvalue weighted by Crippen LogP contribution is 2.36. The van der Waals surface area contributed by atoms with Crippen LogP contribution >= 0.6 is 23.4 Å². The second-order valence-corrected chi connectivity index (χ2v) is 12.9. The van der Waals surface area contributed by atoms with Gasteiger partial charge in [0.05, 0.1) is 33.3 Å². The minimum Gasteiger partial charge on any atom is -0.354 e. The van der Waals surface area contributed by atoms with E-state index in [9.17, 15) is 13.7 Å². The predicted octanol–water partition coefficient (Wildman–Crippen LogP) is 7.90. The largest absolute Gasteiger partial charge is 0.354 e. The molecule has 2 heterocycles. The molecule has 0 unspecified atom stereocenters. The minimum atomic E-state index is -3.81. The van der Waals surface area contributed by atoms with Crippen molar-refractivity contribution in [2.75, 3.05) is 11.9 Å². The van der Waals surface area contributed by atoms with E-state index in [0.717, 1.165) is 37.8 Å². The Bertz CT molecular complexity index is 1980. The molecule has 0 fully saturated rings. The fourth-order valence-corrected chi connectivity index (χ4v) is 6.36. The number of nitrogens with zero attached hydrogens (tertiary/aromatic N) is 4. The summed E-state index contributed by atoms with van der Waals surface area (Å²) in [5.74, 6) is 0. The Morgan fingerprint density at radius 1 is 1.14 bits per heavy atom. The molecule has 0 radical (unpaired) electrons. The second kappa shape index (κ2) is 13.0.